The van der Waals surface area contributed by atoms with Crippen LogP contribution in [0.3, 0.4) is 0 Å². The first-order chi connectivity index (χ1) is 11.3. The highest BCUT2D eigenvalue weighted by Crippen LogP contribution is 2.31. The van der Waals surface area contributed by atoms with Crippen LogP contribution in [-0.4, -0.2) is 26.7 Å². The van der Waals surface area contributed by atoms with Crippen molar-refractivity contribution in [1.82, 2.24) is 9.47 Å². The van der Waals surface area contributed by atoms with Gasteiger partial charge in [-0.2, -0.15) is 0 Å². The molecule has 0 unspecified atom stereocenters. The molecule has 0 saturated heterocycles. The number of fused-ring (bicyclic) bond motifs is 1. The molecule has 0 saturated carbocycles. The van der Waals surface area contributed by atoms with Crippen LogP contribution >= 0.6 is 11.6 Å². The number of phenols is 2. The topological polar surface area (TPSA) is 78.8 Å². The van der Waals surface area contributed by atoms with Crippen LogP contribution in [0.15, 0.2) is 39.7 Å². The van der Waals surface area contributed by atoms with Crippen LogP contribution in [0.5, 0.6) is 11.5 Å². The Morgan fingerprint density at radius 3 is 2.54 bits per heavy atom. The molecule has 126 valence electrons. The highest BCUT2D eigenvalue weighted by molar-refractivity contribution is 6.30. The van der Waals surface area contributed by atoms with Crippen molar-refractivity contribution in [3.05, 3.63) is 57.2 Å². The standard InChI is InChI=1S/C17H17ClN2O4/c1-19(9-12-4-11(18)8-20(12)2)7-10-3-17(23)24-16-6-15(22)14(21)5-13(10)16/h3-6,8,21-22H,7,9H2,1-2H3. The van der Waals surface area contributed by atoms with Crippen molar-refractivity contribution in [2.45, 2.75) is 13.1 Å². The Morgan fingerprint density at radius 2 is 1.88 bits per heavy atom. The van der Waals surface area contributed by atoms with E-state index in [0.717, 1.165) is 5.69 Å². The van der Waals surface area contributed by atoms with E-state index < -0.39 is 5.63 Å². The Labute approximate surface area is 143 Å². The van der Waals surface area contributed by atoms with Gasteiger partial charge in [-0.05, 0) is 24.7 Å². The number of benzene rings is 1. The number of aryl methyl sites for hydroxylation is 1. The largest absolute Gasteiger partial charge is 0.504 e. The van der Waals surface area contributed by atoms with Crippen molar-refractivity contribution >= 4 is 22.6 Å². The summed E-state index contributed by atoms with van der Waals surface area (Å²) in [5.74, 6) is -0.580. The maximum atomic E-state index is 11.7. The van der Waals surface area contributed by atoms with Crippen LogP contribution in [-0.2, 0) is 20.1 Å². The molecular weight excluding hydrogens is 332 g/mol. The second kappa shape index (κ2) is 6.22. The van der Waals surface area contributed by atoms with Crippen LogP contribution in [0.1, 0.15) is 11.3 Å². The first-order valence-electron chi connectivity index (χ1n) is 7.31. The molecule has 0 aliphatic heterocycles. The van der Waals surface area contributed by atoms with Gasteiger partial charge in [0.25, 0.3) is 0 Å². The fourth-order valence-corrected chi connectivity index (χ4v) is 3.00. The Bertz CT molecular complexity index is 961. The molecule has 0 aliphatic carbocycles. The fourth-order valence-electron chi connectivity index (χ4n) is 2.73. The summed E-state index contributed by atoms with van der Waals surface area (Å²) in [6, 6.07) is 5.93. The second-order valence-corrected chi connectivity index (χ2v) is 6.30. The van der Waals surface area contributed by atoms with E-state index in [1.165, 1.54) is 18.2 Å². The molecule has 24 heavy (non-hydrogen) atoms. The van der Waals surface area contributed by atoms with E-state index in [4.69, 9.17) is 16.0 Å². The second-order valence-electron chi connectivity index (χ2n) is 5.86. The molecule has 7 heteroatoms. The average molecular weight is 349 g/mol. The van der Waals surface area contributed by atoms with E-state index in [0.29, 0.717) is 29.1 Å². The van der Waals surface area contributed by atoms with Gasteiger partial charge in [0.15, 0.2) is 11.5 Å². The molecule has 3 aromatic rings. The minimum atomic E-state index is -0.502. The van der Waals surface area contributed by atoms with Gasteiger partial charge in [-0.3, -0.25) is 4.90 Å². The lowest BCUT2D eigenvalue weighted by Crippen LogP contribution is -2.19. The number of hydrogen-bond acceptors (Lipinski definition) is 5. The van der Waals surface area contributed by atoms with Crippen molar-refractivity contribution in [2.24, 2.45) is 7.05 Å². The Hall–Kier alpha value is -2.44. The van der Waals surface area contributed by atoms with E-state index in [2.05, 4.69) is 0 Å². The van der Waals surface area contributed by atoms with Crippen LogP contribution in [0.25, 0.3) is 11.0 Å². The molecule has 2 N–H and O–H groups in total. The van der Waals surface area contributed by atoms with Crippen LogP contribution in [0.2, 0.25) is 5.02 Å². The van der Waals surface area contributed by atoms with Crippen LogP contribution < -0.4 is 5.63 Å². The van der Waals surface area contributed by atoms with Crippen molar-refractivity contribution in [3.8, 4) is 11.5 Å². The maximum absolute atomic E-state index is 11.7. The van der Waals surface area contributed by atoms with Gasteiger partial charge in [0.2, 0.25) is 0 Å². The van der Waals surface area contributed by atoms with E-state index in [1.807, 2.05) is 35.8 Å². The van der Waals surface area contributed by atoms with Crippen molar-refractivity contribution in [3.63, 3.8) is 0 Å². The lowest BCUT2D eigenvalue weighted by Gasteiger charge is -2.18. The van der Waals surface area contributed by atoms with Gasteiger partial charge < -0.3 is 19.2 Å². The smallest absolute Gasteiger partial charge is 0.336 e. The van der Waals surface area contributed by atoms with Gasteiger partial charge in [0.1, 0.15) is 5.58 Å². The zero-order chi connectivity index (χ0) is 17.4. The van der Waals surface area contributed by atoms with Crippen molar-refractivity contribution in [2.75, 3.05) is 7.05 Å². The number of rotatable bonds is 4. The number of hydrogen-bond donors (Lipinski definition) is 2. The summed E-state index contributed by atoms with van der Waals surface area (Å²) >= 11 is 6.00. The quantitative estimate of drug-likeness (QED) is 0.560. The minimum absolute atomic E-state index is 0.239. The summed E-state index contributed by atoms with van der Waals surface area (Å²) in [5.41, 5.74) is 1.48. The average Bonchev–Trinajstić information content (AvgIpc) is 2.78. The molecule has 0 radical (unpaired) electrons. The van der Waals surface area contributed by atoms with E-state index in [9.17, 15) is 15.0 Å². The zero-order valence-corrected chi connectivity index (χ0v) is 14.0. The molecule has 2 heterocycles. The first kappa shape index (κ1) is 16.4. The summed E-state index contributed by atoms with van der Waals surface area (Å²) in [7, 11) is 3.84. The van der Waals surface area contributed by atoms with Gasteiger partial charge >= 0.3 is 5.63 Å². The SMILES string of the molecule is CN(Cc1cc(=O)oc2cc(O)c(O)cc12)Cc1cc(Cl)cn1C. The van der Waals surface area contributed by atoms with E-state index in [1.54, 1.807) is 0 Å². The summed E-state index contributed by atoms with van der Waals surface area (Å²) in [4.78, 5) is 13.8. The molecule has 0 spiro atoms. The summed E-state index contributed by atoms with van der Waals surface area (Å²) < 4.78 is 7.04. The summed E-state index contributed by atoms with van der Waals surface area (Å²) in [6.07, 6.45) is 1.83. The first-order valence-corrected chi connectivity index (χ1v) is 7.69. The normalized spacial score (nSPS) is 11.5. The molecule has 3 rings (SSSR count). The third-order valence-corrected chi connectivity index (χ3v) is 4.08. The monoisotopic (exact) mass is 348 g/mol. The Kier molecular flexibility index (Phi) is 4.26. The summed E-state index contributed by atoms with van der Waals surface area (Å²) in [6.45, 7) is 1.10. The molecule has 1 aromatic carbocycles. The van der Waals surface area contributed by atoms with Crippen molar-refractivity contribution in [1.29, 1.82) is 0 Å². The lowest BCUT2D eigenvalue weighted by molar-refractivity contribution is 0.312. The molecular formula is C17H17ClN2O4. The molecule has 2 aromatic heterocycles. The molecule has 0 atom stereocenters. The van der Waals surface area contributed by atoms with Crippen LogP contribution in [0.4, 0.5) is 0 Å². The number of nitrogens with zero attached hydrogens (tertiary/aromatic N) is 2. The molecule has 0 fully saturated rings. The molecule has 0 aliphatic rings. The Balaban J connectivity index is 1.93. The predicted molar refractivity (Wildman–Crippen MR) is 91.4 cm³/mol. The maximum Gasteiger partial charge on any atom is 0.336 e. The molecule has 0 amide bonds. The van der Waals surface area contributed by atoms with Gasteiger partial charge in [0, 0.05) is 49.5 Å². The van der Waals surface area contributed by atoms with E-state index >= 15 is 0 Å². The molecule has 6 nitrogen and oxygen atoms in total. The zero-order valence-electron chi connectivity index (χ0n) is 13.3. The number of halogens is 1. The fraction of sp³-hybridized carbons (Fsp3) is 0.235. The number of aromatic hydroxyl groups is 2. The van der Waals surface area contributed by atoms with Gasteiger partial charge in [0.05, 0.1) is 5.02 Å². The third-order valence-electron chi connectivity index (χ3n) is 3.87. The molecule has 0 bridgehead atoms. The summed E-state index contributed by atoms with van der Waals surface area (Å²) in [5, 5.41) is 20.5. The number of phenolic OH excluding ortho intramolecular Hbond substituents is 2. The third kappa shape index (κ3) is 3.25. The van der Waals surface area contributed by atoms with Gasteiger partial charge in [-0.1, -0.05) is 11.6 Å². The lowest BCUT2D eigenvalue weighted by atomic mass is 10.1. The van der Waals surface area contributed by atoms with Crippen LogP contribution in [0, 0.1) is 0 Å². The van der Waals surface area contributed by atoms with Crippen molar-refractivity contribution < 1.29 is 14.6 Å². The number of aromatic nitrogens is 1. The predicted octanol–water partition coefficient (Wildman–Crippen LogP) is 2.83. The van der Waals surface area contributed by atoms with Gasteiger partial charge in [-0.15, -0.1) is 0 Å². The highest BCUT2D eigenvalue weighted by atomic mass is 35.5. The van der Waals surface area contributed by atoms with E-state index in [-0.39, 0.29) is 17.1 Å². The van der Waals surface area contributed by atoms with Gasteiger partial charge in [-0.25, -0.2) is 4.79 Å². The minimum Gasteiger partial charge on any atom is -0.504 e. The Morgan fingerprint density at radius 1 is 1.17 bits per heavy atom. The highest BCUT2D eigenvalue weighted by Gasteiger charge is 2.13.